The molecule has 1 aliphatic carbocycles. The Balaban J connectivity index is 1.60. The van der Waals surface area contributed by atoms with Crippen LogP contribution in [0.25, 0.3) is 10.2 Å². The van der Waals surface area contributed by atoms with E-state index >= 15 is 0 Å². The third kappa shape index (κ3) is 3.81. The fraction of sp³-hybridized carbons (Fsp3) is 0.400. The minimum Gasteiger partial charge on any atom is -0.383 e. The van der Waals surface area contributed by atoms with Crippen LogP contribution in [0.5, 0.6) is 0 Å². The molecule has 0 radical (unpaired) electrons. The summed E-state index contributed by atoms with van der Waals surface area (Å²) < 4.78 is 19.8. The summed E-state index contributed by atoms with van der Waals surface area (Å²) in [5.74, 6) is -0.278. The molecule has 1 N–H and O–H groups in total. The Kier molecular flexibility index (Phi) is 5.33. The van der Waals surface area contributed by atoms with E-state index in [1.807, 2.05) is 0 Å². The average Bonchev–Trinajstić information content (AvgIpc) is 3.04. The maximum Gasteiger partial charge on any atom is 0.262 e. The summed E-state index contributed by atoms with van der Waals surface area (Å²) in [4.78, 5) is 19.7. The molecule has 1 unspecified atom stereocenters. The number of benzene rings is 1. The molecule has 2 heterocycles. The van der Waals surface area contributed by atoms with Crippen LogP contribution in [0.15, 0.2) is 35.4 Å². The van der Waals surface area contributed by atoms with Gasteiger partial charge in [0.25, 0.3) is 5.56 Å². The van der Waals surface area contributed by atoms with Gasteiger partial charge < -0.3 is 10.1 Å². The van der Waals surface area contributed by atoms with E-state index in [0.29, 0.717) is 19.2 Å². The van der Waals surface area contributed by atoms with Crippen LogP contribution < -0.4 is 10.9 Å². The van der Waals surface area contributed by atoms with Gasteiger partial charge in [-0.3, -0.25) is 9.36 Å². The largest absolute Gasteiger partial charge is 0.383 e. The second-order valence-corrected chi connectivity index (χ2v) is 7.96. The van der Waals surface area contributed by atoms with E-state index in [1.54, 1.807) is 41.5 Å². The van der Waals surface area contributed by atoms with Crippen LogP contribution in [0.4, 0.5) is 4.39 Å². The van der Waals surface area contributed by atoms with Crippen LogP contribution in [0.3, 0.4) is 0 Å². The zero-order chi connectivity index (χ0) is 18.8. The molecule has 0 fully saturated rings. The molecule has 7 heteroatoms. The van der Waals surface area contributed by atoms with Crippen molar-refractivity contribution in [1.29, 1.82) is 0 Å². The van der Waals surface area contributed by atoms with Gasteiger partial charge in [-0.15, -0.1) is 11.3 Å². The predicted octanol–water partition coefficient (Wildman–Crippen LogP) is 2.74. The van der Waals surface area contributed by atoms with Gasteiger partial charge in [0, 0.05) is 24.6 Å². The zero-order valence-electron chi connectivity index (χ0n) is 15.2. The third-order valence-electron chi connectivity index (χ3n) is 5.04. The topological polar surface area (TPSA) is 56.1 Å². The Morgan fingerprint density at radius 3 is 2.96 bits per heavy atom. The first-order valence-electron chi connectivity index (χ1n) is 9.12. The SMILES string of the molecule is COCCNC1CCc2c(sc3ncn(Cc4ccc(F)cc4)c(=O)c23)C1. The van der Waals surface area contributed by atoms with E-state index in [2.05, 4.69) is 10.3 Å². The van der Waals surface area contributed by atoms with Gasteiger partial charge in [0.2, 0.25) is 0 Å². The molecule has 3 aromatic rings. The van der Waals surface area contributed by atoms with Crippen molar-refractivity contribution < 1.29 is 9.13 Å². The molecular weight excluding hydrogens is 365 g/mol. The Morgan fingerprint density at radius 2 is 2.19 bits per heavy atom. The molecule has 0 amide bonds. The van der Waals surface area contributed by atoms with Gasteiger partial charge in [0.15, 0.2) is 0 Å². The number of ether oxygens (including phenoxy) is 1. The highest BCUT2D eigenvalue weighted by Crippen LogP contribution is 2.33. The van der Waals surface area contributed by atoms with E-state index in [4.69, 9.17) is 4.74 Å². The summed E-state index contributed by atoms with van der Waals surface area (Å²) in [5, 5.41) is 4.28. The normalized spacial score (nSPS) is 16.6. The molecule has 1 aliphatic rings. The molecule has 0 spiro atoms. The molecule has 142 valence electrons. The van der Waals surface area contributed by atoms with Gasteiger partial charge in [-0.2, -0.15) is 0 Å². The fourth-order valence-electron chi connectivity index (χ4n) is 3.64. The molecular formula is C20H22FN3O2S. The molecule has 1 aromatic carbocycles. The maximum absolute atomic E-state index is 13.1. The molecule has 0 saturated heterocycles. The number of hydrogen-bond donors (Lipinski definition) is 1. The van der Waals surface area contributed by atoms with Gasteiger partial charge in [0.1, 0.15) is 10.6 Å². The number of rotatable bonds is 6. The maximum atomic E-state index is 13.1. The van der Waals surface area contributed by atoms with Gasteiger partial charge in [-0.25, -0.2) is 9.37 Å². The number of aromatic nitrogens is 2. The first-order chi connectivity index (χ1) is 13.2. The first kappa shape index (κ1) is 18.3. The van der Waals surface area contributed by atoms with Crippen LogP contribution in [-0.4, -0.2) is 35.9 Å². The molecule has 2 aromatic heterocycles. The van der Waals surface area contributed by atoms with Gasteiger partial charge in [-0.1, -0.05) is 12.1 Å². The lowest BCUT2D eigenvalue weighted by Crippen LogP contribution is -2.36. The van der Waals surface area contributed by atoms with Crippen molar-refractivity contribution in [2.24, 2.45) is 0 Å². The number of fused-ring (bicyclic) bond motifs is 3. The fourth-order valence-corrected chi connectivity index (χ4v) is 4.90. The third-order valence-corrected chi connectivity index (χ3v) is 6.20. The summed E-state index contributed by atoms with van der Waals surface area (Å²) in [7, 11) is 1.70. The van der Waals surface area contributed by atoms with Gasteiger partial charge in [0.05, 0.1) is 24.9 Å². The van der Waals surface area contributed by atoms with E-state index in [1.165, 1.54) is 17.0 Å². The van der Waals surface area contributed by atoms with Crippen molar-refractivity contribution >= 4 is 21.6 Å². The lowest BCUT2D eigenvalue weighted by molar-refractivity contribution is 0.194. The summed E-state index contributed by atoms with van der Waals surface area (Å²) in [6.45, 7) is 1.93. The molecule has 0 bridgehead atoms. The van der Waals surface area contributed by atoms with E-state index in [9.17, 15) is 9.18 Å². The summed E-state index contributed by atoms with van der Waals surface area (Å²) in [6, 6.07) is 6.64. The van der Waals surface area contributed by atoms with Crippen LogP contribution in [0, 0.1) is 5.82 Å². The van der Waals surface area contributed by atoms with Crippen molar-refractivity contribution in [3.63, 3.8) is 0 Å². The van der Waals surface area contributed by atoms with E-state index < -0.39 is 0 Å². The molecule has 27 heavy (non-hydrogen) atoms. The number of hydrogen-bond acceptors (Lipinski definition) is 5. The predicted molar refractivity (Wildman–Crippen MR) is 105 cm³/mol. The molecule has 0 aliphatic heterocycles. The summed E-state index contributed by atoms with van der Waals surface area (Å²) in [6.07, 6.45) is 4.42. The van der Waals surface area contributed by atoms with Crippen molar-refractivity contribution in [3.05, 3.63) is 62.8 Å². The average molecular weight is 387 g/mol. The summed E-state index contributed by atoms with van der Waals surface area (Å²) in [5.41, 5.74) is 2.03. The molecule has 1 atom stereocenters. The van der Waals surface area contributed by atoms with Gasteiger partial charge in [-0.05, 0) is 42.5 Å². The standard InChI is InChI=1S/C20H22FN3O2S/c1-26-9-8-22-15-6-7-16-17(10-15)27-19-18(16)20(25)24(12-23-19)11-13-2-4-14(21)5-3-13/h2-5,12,15,22H,6-11H2,1H3. The van der Waals surface area contributed by atoms with E-state index in [-0.39, 0.29) is 11.4 Å². The monoisotopic (exact) mass is 387 g/mol. The first-order valence-corrected chi connectivity index (χ1v) is 9.94. The van der Waals surface area contributed by atoms with Crippen LogP contribution >= 0.6 is 11.3 Å². The number of methoxy groups -OCH3 is 1. The van der Waals surface area contributed by atoms with Crippen LogP contribution in [0.2, 0.25) is 0 Å². The Labute approximate surface area is 160 Å². The van der Waals surface area contributed by atoms with Gasteiger partial charge >= 0.3 is 0 Å². The number of aryl methyl sites for hydroxylation is 1. The zero-order valence-corrected chi connectivity index (χ0v) is 16.0. The smallest absolute Gasteiger partial charge is 0.262 e. The number of halogens is 1. The van der Waals surface area contributed by atoms with Crippen molar-refractivity contribution in [2.45, 2.75) is 31.8 Å². The highest BCUT2D eigenvalue weighted by molar-refractivity contribution is 7.18. The highest BCUT2D eigenvalue weighted by atomic mass is 32.1. The van der Waals surface area contributed by atoms with Crippen molar-refractivity contribution in [2.75, 3.05) is 20.3 Å². The minimum absolute atomic E-state index is 0.00684. The Bertz CT molecular complexity index is 997. The molecule has 0 saturated carbocycles. The quantitative estimate of drug-likeness (QED) is 0.661. The summed E-state index contributed by atoms with van der Waals surface area (Å²) >= 11 is 1.63. The Hall–Kier alpha value is -2.09. The van der Waals surface area contributed by atoms with E-state index in [0.717, 1.165) is 47.2 Å². The number of nitrogens with zero attached hydrogens (tertiary/aromatic N) is 2. The number of thiophene rings is 1. The van der Waals surface area contributed by atoms with Crippen molar-refractivity contribution in [1.82, 2.24) is 14.9 Å². The van der Waals surface area contributed by atoms with Crippen molar-refractivity contribution in [3.8, 4) is 0 Å². The molecule has 5 nitrogen and oxygen atoms in total. The lowest BCUT2D eigenvalue weighted by Gasteiger charge is -2.23. The second kappa shape index (κ2) is 7.88. The lowest BCUT2D eigenvalue weighted by atomic mass is 9.93. The second-order valence-electron chi connectivity index (χ2n) is 6.87. The molecule has 4 rings (SSSR count). The van der Waals surface area contributed by atoms with Crippen LogP contribution in [-0.2, 0) is 24.1 Å². The minimum atomic E-state index is -0.278. The highest BCUT2D eigenvalue weighted by Gasteiger charge is 2.24. The number of nitrogens with one attached hydrogen (secondary N) is 1. The Morgan fingerprint density at radius 1 is 1.37 bits per heavy atom. The van der Waals surface area contributed by atoms with Crippen LogP contribution in [0.1, 0.15) is 22.4 Å².